The summed E-state index contributed by atoms with van der Waals surface area (Å²) in [6.45, 7) is 2.43. The van der Waals surface area contributed by atoms with Crippen molar-refractivity contribution in [1.82, 2.24) is 4.90 Å². The Morgan fingerprint density at radius 1 is 1.12 bits per heavy atom. The largest absolute Gasteiger partial charge is 0.463 e. The topological polar surface area (TPSA) is 55.8 Å². The van der Waals surface area contributed by atoms with Crippen molar-refractivity contribution >= 4 is 28.9 Å². The third-order valence-corrected chi connectivity index (χ3v) is 3.58. The molecule has 0 radical (unpaired) electrons. The molecule has 2 aromatic rings. The zero-order valence-electron chi connectivity index (χ0n) is 14.8. The monoisotopic (exact) mass is 341 g/mol. The summed E-state index contributed by atoms with van der Waals surface area (Å²) in [5, 5.41) is 1.94. The number of amides is 1. The van der Waals surface area contributed by atoms with E-state index < -0.39 is 12.1 Å². The Hall–Kier alpha value is -2.82. The third kappa shape index (κ3) is 5.35. The Morgan fingerprint density at radius 2 is 1.80 bits per heavy atom. The van der Waals surface area contributed by atoms with Gasteiger partial charge in [0.1, 0.15) is 5.75 Å². The zero-order chi connectivity index (χ0) is 18.2. The standard InChI is InChI=1S/C20H23NO4/c1-4-5-12-24-19(22)11-10-17-13-15-8-6-7-9-16(15)14-18(17)25-20(23)21(2)3/h6-11,13-14H,4-5,12H2,1-3H3/b11-10-. The molecule has 0 fully saturated rings. The van der Waals surface area contributed by atoms with Gasteiger partial charge in [0, 0.05) is 25.7 Å². The van der Waals surface area contributed by atoms with Crippen LogP contribution in [0.3, 0.4) is 0 Å². The van der Waals surface area contributed by atoms with Gasteiger partial charge in [0.2, 0.25) is 0 Å². The van der Waals surface area contributed by atoms with Crippen LogP contribution in [0, 0.1) is 0 Å². The van der Waals surface area contributed by atoms with Crippen LogP contribution in [-0.4, -0.2) is 37.7 Å². The number of carbonyl (C=O) groups is 2. The van der Waals surface area contributed by atoms with E-state index in [4.69, 9.17) is 9.47 Å². The van der Waals surface area contributed by atoms with Crippen LogP contribution in [0.1, 0.15) is 25.3 Å². The van der Waals surface area contributed by atoms with Crippen molar-refractivity contribution in [3.8, 4) is 5.75 Å². The lowest BCUT2D eigenvalue weighted by Crippen LogP contribution is -2.25. The quantitative estimate of drug-likeness (QED) is 0.448. The molecule has 2 aromatic carbocycles. The highest BCUT2D eigenvalue weighted by Crippen LogP contribution is 2.27. The van der Waals surface area contributed by atoms with Gasteiger partial charge >= 0.3 is 12.1 Å². The van der Waals surface area contributed by atoms with Gasteiger partial charge in [-0.2, -0.15) is 0 Å². The number of fused-ring (bicyclic) bond motifs is 1. The maximum atomic E-state index is 11.9. The summed E-state index contributed by atoms with van der Waals surface area (Å²) >= 11 is 0. The van der Waals surface area contributed by atoms with Gasteiger partial charge < -0.3 is 14.4 Å². The van der Waals surface area contributed by atoms with Crippen LogP contribution in [-0.2, 0) is 9.53 Å². The fourth-order valence-electron chi connectivity index (χ4n) is 2.16. The van der Waals surface area contributed by atoms with Crippen molar-refractivity contribution in [3.05, 3.63) is 48.0 Å². The molecule has 0 saturated carbocycles. The first-order chi connectivity index (χ1) is 12.0. The molecule has 0 aliphatic carbocycles. The molecule has 1 amide bonds. The average molecular weight is 341 g/mol. The van der Waals surface area contributed by atoms with Crippen molar-refractivity contribution in [2.24, 2.45) is 0 Å². The van der Waals surface area contributed by atoms with E-state index in [0.29, 0.717) is 17.9 Å². The van der Waals surface area contributed by atoms with Crippen molar-refractivity contribution in [1.29, 1.82) is 0 Å². The number of hydrogen-bond acceptors (Lipinski definition) is 4. The van der Waals surface area contributed by atoms with Gasteiger partial charge in [-0.15, -0.1) is 0 Å². The highest BCUT2D eigenvalue weighted by atomic mass is 16.6. The first-order valence-corrected chi connectivity index (χ1v) is 8.28. The van der Waals surface area contributed by atoms with Crippen molar-refractivity contribution in [2.45, 2.75) is 19.8 Å². The van der Waals surface area contributed by atoms with Crippen LogP contribution in [0.15, 0.2) is 42.5 Å². The molecule has 0 aliphatic rings. The predicted molar refractivity (Wildman–Crippen MR) is 98.6 cm³/mol. The number of ether oxygens (including phenoxy) is 2. The molecular formula is C20H23NO4. The summed E-state index contributed by atoms with van der Waals surface area (Å²) in [6.07, 6.45) is 4.29. The molecule has 0 aromatic heterocycles. The molecule has 5 heteroatoms. The number of benzene rings is 2. The molecule has 0 bridgehead atoms. The molecule has 2 rings (SSSR count). The minimum atomic E-state index is -0.476. The Morgan fingerprint density at radius 3 is 2.44 bits per heavy atom. The molecule has 0 N–H and O–H groups in total. The second kappa shape index (κ2) is 8.87. The molecule has 132 valence electrons. The maximum Gasteiger partial charge on any atom is 0.414 e. The van der Waals surface area contributed by atoms with Crippen LogP contribution in [0.5, 0.6) is 5.75 Å². The van der Waals surface area contributed by atoms with E-state index in [2.05, 4.69) is 0 Å². The van der Waals surface area contributed by atoms with E-state index in [1.165, 1.54) is 11.0 Å². The van der Waals surface area contributed by atoms with Crippen LogP contribution in [0.4, 0.5) is 4.79 Å². The van der Waals surface area contributed by atoms with E-state index >= 15 is 0 Å². The SMILES string of the molecule is CCCCOC(=O)/C=C\c1cc2ccccc2cc1OC(=O)N(C)C. The molecule has 0 spiro atoms. The molecule has 5 nitrogen and oxygen atoms in total. The number of hydrogen-bond donors (Lipinski definition) is 0. The fourth-order valence-corrected chi connectivity index (χ4v) is 2.16. The van der Waals surface area contributed by atoms with E-state index in [1.54, 1.807) is 26.2 Å². The predicted octanol–water partition coefficient (Wildman–Crippen LogP) is 4.26. The van der Waals surface area contributed by atoms with Gasteiger partial charge in [0.15, 0.2) is 0 Å². The second-order valence-corrected chi connectivity index (χ2v) is 5.85. The first-order valence-electron chi connectivity index (χ1n) is 8.28. The lowest BCUT2D eigenvalue weighted by molar-refractivity contribution is -0.137. The number of unbranched alkanes of at least 4 members (excludes halogenated alkanes) is 1. The minimum Gasteiger partial charge on any atom is -0.463 e. The Bertz CT molecular complexity index is 780. The average Bonchev–Trinajstić information content (AvgIpc) is 2.60. The van der Waals surface area contributed by atoms with Crippen LogP contribution < -0.4 is 4.74 Å². The van der Waals surface area contributed by atoms with Crippen molar-refractivity contribution < 1.29 is 19.1 Å². The van der Waals surface area contributed by atoms with Gasteiger partial charge in [-0.1, -0.05) is 37.6 Å². The van der Waals surface area contributed by atoms with E-state index in [-0.39, 0.29) is 0 Å². The molecule has 0 heterocycles. The van der Waals surface area contributed by atoms with E-state index in [9.17, 15) is 9.59 Å². The van der Waals surface area contributed by atoms with Gasteiger partial charge in [0.05, 0.1) is 6.61 Å². The number of carbonyl (C=O) groups excluding carboxylic acids is 2. The Kier molecular flexibility index (Phi) is 6.57. The zero-order valence-corrected chi connectivity index (χ0v) is 14.8. The maximum absolute atomic E-state index is 11.9. The first kappa shape index (κ1) is 18.5. The van der Waals surface area contributed by atoms with Crippen LogP contribution >= 0.6 is 0 Å². The lowest BCUT2D eigenvalue weighted by atomic mass is 10.1. The Labute approximate surface area is 147 Å². The Balaban J connectivity index is 2.28. The highest BCUT2D eigenvalue weighted by Gasteiger charge is 2.11. The summed E-state index contributed by atoms with van der Waals surface area (Å²) in [5.41, 5.74) is 0.640. The van der Waals surface area contributed by atoms with Gasteiger partial charge in [-0.05, 0) is 35.4 Å². The van der Waals surface area contributed by atoms with Crippen LogP contribution in [0.25, 0.3) is 16.8 Å². The van der Waals surface area contributed by atoms with Crippen molar-refractivity contribution in [2.75, 3.05) is 20.7 Å². The summed E-state index contributed by atoms with van der Waals surface area (Å²) in [7, 11) is 3.23. The molecule has 0 aliphatic heterocycles. The summed E-state index contributed by atoms with van der Waals surface area (Å²) in [6, 6.07) is 11.4. The van der Waals surface area contributed by atoms with Gasteiger partial charge in [0.25, 0.3) is 0 Å². The minimum absolute atomic E-state index is 0.398. The van der Waals surface area contributed by atoms with Gasteiger partial charge in [-0.3, -0.25) is 0 Å². The normalized spacial score (nSPS) is 10.8. The lowest BCUT2D eigenvalue weighted by Gasteiger charge is -2.13. The summed E-state index contributed by atoms with van der Waals surface area (Å²) < 4.78 is 10.5. The van der Waals surface area contributed by atoms with Gasteiger partial charge in [-0.25, -0.2) is 9.59 Å². The number of esters is 1. The molecule has 0 unspecified atom stereocenters. The number of rotatable bonds is 6. The molecule has 0 saturated heterocycles. The van der Waals surface area contributed by atoms with Crippen molar-refractivity contribution in [3.63, 3.8) is 0 Å². The third-order valence-electron chi connectivity index (χ3n) is 3.58. The summed E-state index contributed by atoms with van der Waals surface area (Å²) in [5.74, 6) is -0.0125. The molecule has 0 atom stereocenters. The summed E-state index contributed by atoms with van der Waals surface area (Å²) in [4.78, 5) is 25.0. The van der Waals surface area contributed by atoms with Crippen LogP contribution in [0.2, 0.25) is 0 Å². The van der Waals surface area contributed by atoms with E-state index in [0.717, 1.165) is 23.6 Å². The smallest absolute Gasteiger partial charge is 0.414 e. The number of nitrogens with zero attached hydrogens (tertiary/aromatic N) is 1. The molecular weight excluding hydrogens is 318 g/mol. The fraction of sp³-hybridized carbons (Fsp3) is 0.300. The highest BCUT2D eigenvalue weighted by molar-refractivity contribution is 5.92. The van der Waals surface area contributed by atoms with E-state index in [1.807, 2.05) is 37.3 Å². The molecule has 25 heavy (non-hydrogen) atoms. The second-order valence-electron chi connectivity index (χ2n) is 5.85.